The molecule has 0 saturated heterocycles. The average molecular weight is 618 g/mol. The Hall–Kier alpha value is -6.33. The molecule has 0 atom stereocenters. The standard InChI is InChI=1S/C43H27N3O2/c1-2-11-27(12-3-1)41-44-42(30-20-21-33-32-14-6-8-16-36(32)47-38(33)24-30)46-43(45-41)35-23-31(29-19-18-26-10-4-5-13-28(26)22-29)25-39-40(35)34-15-7-9-17-37(34)48-39/h1-7,9-15,17-25H,8,16H2. The van der Waals surface area contributed by atoms with Crippen LogP contribution in [0.2, 0.25) is 0 Å². The molecule has 48 heavy (non-hydrogen) atoms. The summed E-state index contributed by atoms with van der Waals surface area (Å²) in [5, 5.41) is 5.49. The lowest BCUT2D eigenvalue weighted by Crippen LogP contribution is -2.00. The van der Waals surface area contributed by atoms with Crippen molar-refractivity contribution in [3.8, 4) is 45.3 Å². The van der Waals surface area contributed by atoms with Crippen LogP contribution < -0.4 is 0 Å². The van der Waals surface area contributed by atoms with Crippen LogP contribution in [0.4, 0.5) is 0 Å². The summed E-state index contributed by atoms with van der Waals surface area (Å²) in [6, 6.07) is 43.8. The lowest BCUT2D eigenvalue weighted by molar-refractivity contribution is 0.546. The van der Waals surface area contributed by atoms with Gasteiger partial charge in [0.1, 0.15) is 22.5 Å². The predicted octanol–water partition coefficient (Wildman–Crippen LogP) is 11.3. The molecule has 0 bridgehead atoms. The van der Waals surface area contributed by atoms with Gasteiger partial charge in [-0.05, 0) is 64.7 Å². The molecule has 0 N–H and O–H groups in total. The monoisotopic (exact) mass is 617 g/mol. The molecule has 3 heterocycles. The highest BCUT2D eigenvalue weighted by Crippen LogP contribution is 2.41. The first-order valence-electron chi connectivity index (χ1n) is 16.2. The fourth-order valence-corrected chi connectivity index (χ4v) is 7.00. The number of furan rings is 2. The van der Waals surface area contributed by atoms with Gasteiger partial charge in [0.05, 0.1) is 0 Å². The zero-order chi connectivity index (χ0) is 31.6. The summed E-state index contributed by atoms with van der Waals surface area (Å²) >= 11 is 0. The number of hydrogen-bond donors (Lipinski definition) is 0. The minimum atomic E-state index is 0.583. The number of benzene rings is 6. The Morgan fingerprint density at radius 2 is 1.23 bits per heavy atom. The van der Waals surface area contributed by atoms with E-state index in [4.69, 9.17) is 23.8 Å². The maximum absolute atomic E-state index is 6.49. The Morgan fingerprint density at radius 3 is 2.15 bits per heavy atom. The van der Waals surface area contributed by atoms with Crippen molar-refractivity contribution in [3.05, 3.63) is 145 Å². The van der Waals surface area contributed by atoms with E-state index < -0.39 is 0 Å². The summed E-state index contributed by atoms with van der Waals surface area (Å²) < 4.78 is 12.8. The van der Waals surface area contributed by atoms with E-state index in [1.807, 2.05) is 48.5 Å². The summed E-state index contributed by atoms with van der Waals surface area (Å²) in [6.45, 7) is 0. The van der Waals surface area contributed by atoms with E-state index in [9.17, 15) is 0 Å². The number of nitrogens with zero attached hydrogens (tertiary/aromatic N) is 3. The number of allylic oxidation sites excluding steroid dienone is 1. The van der Waals surface area contributed by atoms with Gasteiger partial charge in [0.15, 0.2) is 17.5 Å². The minimum absolute atomic E-state index is 0.583. The van der Waals surface area contributed by atoms with Gasteiger partial charge in [-0.2, -0.15) is 0 Å². The van der Waals surface area contributed by atoms with E-state index in [0.717, 1.165) is 79.3 Å². The Morgan fingerprint density at radius 1 is 0.479 bits per heavy atom. The molecule has 5 heteroatoms. The highest BCUT2D eigenvalue weighted by Gasteiger charge is 2.21. The van der Waals surface area contributed by atoms with Crippen LogP contribution in [-0.2, 0) is 6.42 Å². The number of para-hydroxylation sites is 1. The summed E-state index contributed by atoms with van der Waals surface area (Å²) in [4.78, 5) is 15.4. The molecule has 10 rings (SSSR count). The first kappa shape index (κ1) is 26.8. The molecule has 6 aromatic carbocycles. The molecule has 0 fully saturated rings. The van der Waals surface area contributed by atoms with Gasteiger partial charge in [0.25, 0.3) is 0 Å². The zero-order valence-corrected chi connectivity index (χ0v) is 25.9. The van der Waals surface area contributed by atoms with Crippen LogP contribution in [0.5, 0.6) is 0 Å². The van der Waals surface area contributed by atoms with Crippen LogP contribution >= 0.6 is 0 Å². The molecule has 5 nitrogen and oxygen atoms in total. The fraction of sp³-hybridized carbons (Fsp3) is 0.0465. The zero-order valence-electron chi connectivity index (χ0n) is 25.9. The van der Waals surface area contributed by atoms with Gasteiger partial charge in [-0.3, -0.25) is 0 Å². The first-order valence-corrected chi connectivity index (χ1v) is 16.2. The Balaban J connectivity index is 1.23. The number of fused-ring (bicyclic) bond motifs is 7. The number of aryl methyl sites for hydroxylation is 1. The Labute approximate surface area is 275 Å². The van der Waals surface area contributed by atoms with E-state index in [-0.39, 0.29) is 0 Å². The van der Waals surface area contributed by atoms with Crippen LogP contribution in [0.3, 0.4) is 0 Å². The van der Waals surface area contributed by atoms with E-state index >= 15 is 0 Å². The van der Waals surface area contributed by atoms with E-state index in [2.05, 4.69) is 91.0 Å². The van der Waals surface area contributed by atoms with Gasteiger partial charge in [0.2, 0.25) is 0 Å². The topological polar surface area (TPSA) is 65.0 Å². The van der Waals surface area contributed by atoms with Gasteiger partial charge in [-0.1, -0.05) is 103 Å². The quantitative estimate of drug-likeness (QED) is 0.197. The van der Waals surface area contributed by atoms with Crippen molar-refractivity contribution in [2.24, 2.45) is 0 Å². The van der Waals surface area contributed by atoms with E-state index in [0.29, 0.717) is 17.5 Å². The molecule has 0 spiro atoms. The molecule has 226 valence electrons. The second-order valence-electron chi connectivity index (χ2n) is 12.3. The van der Waals surface area contributed by atoms with E-state index in [1.165, 1.54) is 16.3 Å². The van der Waals surface area contributed by atoms with Gasteiger partial charge < -0.3 is 8.83 Å². The molecule has 1 aliphatic carbocycles. The van der Waals surface area contributed by atoms with Crippen molar-refractivity contribution in [2.45, 2.75) is 12.8 Å². The highest BCUT2D eigenvalue weighted by molar-refractivity contribution is 6.13. The van der Waals surface area contributed by atoms with Crippen molar-refractivity contribution in [3.63, 3.8) is 0 Å². The second kappa shape index (κ2) is 10.6. The molecular formula is C43H27N3O2. The molecule has 0 aliphatic heterocycles. The van der Waals surface area contributed by atoms with Gasteiger partial charge in [-0.25, -0.2) is 15.0 Å². The van der Waals surface area contributed by atoms with Gasteiger partial charge in [-0.15, -0.1) is 0 Å². The second-order valence-corrected chi connectivity index (χ2v) is 12.3. The van der Waals surface area contributed by atoms with Crippen molar-refractivity contribution in [1.82, 2.24) is 15.0 Å². The van der Waals surface area contributed by atoms with Crippen molar-refractivity contribution >= 4 is 49.8 Å². The summed E-state index contributed by atoms with van der Waals surface area (Å²) in [6.07, 6.45) is 6.28. The number of rotatable bonds is 4. The maximum Gasteiger partial charge on any atom is 0.164 e. The third kappa shape index (κ3) is 4.36. The molecular weight excluding hydrogens is 590 g/mol. The number of aromatic nitrogens is 3. The lowest BCUT2D eigenvalue weighted by Gasteiger charge is -2.11. The molecule has 0 radical (unpaired) electrons. The molecule has 0 saturated carbocycles. The van der Waals surface area contributed by atoms with Crippen LogP contribution in [0.25, 0.3) is 95.0 Å². The SMILES string of the molecule is C1=Cc2c(oc3cc(-c4nc(-c5ccccc5)nc(-c5cc(-c6ccc7ccccc7c6)cc6oc7ccccc7c56)n4)ccc23)CC1. The van der Waals surface area contributed by atoms with Crippen LogP contribution in [0.1, 0.15) is 17.7 Å². The van der Waals surface area contributed by atoms with Crippen molar-refractivity contribution in [1.29, 1.82) is 0 Å². The fourth-order valence-electron chi connectivity index (χ4n) is 7.00. The average Bonchev–Trinajstić information content (AvgIpc) is 3.72. The van der Waals surface area contributed by atoms with Crippen molar-refractivity contribution in [2.75, 3.05) is 0 Å². The van der Waals surface area contributed by atoms with Crippen LogP contribution in [-0.4, -0.2) is 15.0 Å². The van der Waals surface area contributed by atoms with Gasteiger partial charge >= 0.3 is 0 Å². The first-order chi connectivity index (χ1) is 23.7. The molecule has 1 aliphatic rings. The summed E-state index contributed by atoms with van der Waals surface area (Å²) in [5.74, 6) is 2.81. The third-order valence-electron chi connectivity index (χ3n) is 9.36. The normalized spacial score (nSPS) is 12.8. The van der Waals surface area contributed by atoms with Crippen LogP contribution in [0.15, 0.2) is 142 Å². The summed E-state index contributed by atoms with van der Waals surface area (Å²) in [5.41, 5.74) is 8.42. The predicted molar refractivity (Wildman–Crippen MR) is 193 cm³/mol. The molecule has 0 amide bonds. The van der Waals surface area contributed by atoms with Gasteiger partial charge in [0, 0.05) is 44.8 Å². The Bertz CT molecular complexity index is 2740. The van der Waals surface area contributed by atoms with Crippen LogP contribution in [0, 0.1) is 0 Å². The lowest BCUT2D eigenvalue weighted by atomic mass is 9.96. The smallest absolute Gasteiger partial charge is 0.164 e. The Kier molecular flexibility index (Phi) is 5.93. The van der Waals surface area contributed by atoms with E-state index in [1.54, 1.807) is 0 Å². The molecule has 9 aromatic rings. The summed E-state index contributed by atoms with van der Waals surface area (Å²) in [7, 11) is 0. The molecule has 3 aromatic heterocycles. The largest absolute Gasteiger partial charge is 0.460 e. The number of hydrogen-bond acceptors (Lipinski definition) is 5. The molecule has 0 unspecified atom stereocenters. The van der Waals surface area contributed by atoms with Crippen molar-refractivity contribution < 1.29 is 8.83 Å². The maximum atomic E-state index is 6.49. The third-order valence-corrected chi connectivity index (χ3v) is 9.36. The minimum Gasteiger partial charge on any atom is -0.460 e. The highest BCUT2D eigenvalue weighted by atomic mass is 16.3.